The minimum atomic E-state index is -0.227. The predicted octanol–water partition coefficient (Wildman–Crippen LogP) is 2.74. The summed E-state index contributed by atoms with van der Waals surface area (Å²) in [4.78, 5) is 4.52. The molecule has 1 N–H and O–H groups in total. The number of fused-ring (bicyclic) bond motifs is 1. The second kappa shape index (κ2) is 5.48. The van der Waals surface area contributed by atoms with Crippen LogP contribution in [0.25, 0.3) is 11.0 Å². The normalized spacial score (nSPS) is 11.6. The number of aromatic nitrogens is 2. The lowest BCUT2D eigenvalue weighted by Gasteiger charge is -2.09. The maximum Gasteiger partial charge on any atom is 0.125 e. The average Bonchev–Trinajstić information content (AvgIpc) is 2.65. The van der Waals surface area contributed by atoms with Crippen LogP contribution in [0.4, 0.5) is 4.39 Å². The number of nitrogens with one attached hydrogen (secondary N) is 1. The molecule has 2 aromatic rings. The number of imidazole rings is 1. The molecule has 0 aliphatic carbocycles. The summed E-state index contributed by atoms with van der Waals surface area (Å²) in [6, 6.07) is 5.27. The van der Waals surface area contributed by atoms with Gasteiger partial charge in [0.25, 0.3) is 0 Å². The van der Waals surface area contributed by atoms with Gasteiger partial charge in [-0.1, -0.05) is 13.8 Å². The van der Waals surface area contributed by atoms with E-state index in [4.69, 9.17) is 0 Å². The van der Waals surface area contributed by atoms with Gasteiger partial charge in [0.05, 0.1) is 11.0 Å². The van der Waals surface area contributed by atoms with Gasteiger partial charge in [-0.25, -0.2) is 9.37 Å². The number of benzene rings is 1. The summed E-state index contributed by atoms with van der Waals surface area (Å²) in [6.07, 6.45) is 0.863. The molecule has 0 saturated heterocycles. The van der Waals surface area contributed by atoms with Crippen LogP contribution in [0, 0.1) is 5.82 Å². The molecule has 0 fully saturated rings. The highest BCUT2D eigenvalue weighted by Crippen LogP contribution is 2.17. The van der Waals surface area contributed by atoms with Gasteiger partial charge in [0.15, 0.2) is 0 Å². The second-order valence-corrected chi connectivity index (χ2v) is 4.76. The maximum absolute atomic E-state index is 13.2. The molecule has 1 aromatic carbocycles. The van der Waals surface area contributed by atoms with E-state index in [1.165, 1.54) is 12.1 Å². The van der Waals surface area contributed by atoms with Gasteiger partial charge in [-0.15, -0.1) is 0 Å². The summed E-state index contributed by atoms with van der Waals surface area (Å²) < 4.78 is 15.3. The van der Waals surface area contributed by atoms with Crippen molar-refractivity contribution in [1.29, 1.82) is 0 Å². The number of aryl methyl sites for hydroxylation is 1. The molecule has 1 heterocycles. The molecular weight excluding hydrogens is 229 g/mol. The van der Waals surface area contributed by atoms with E-state index in [2.05, 4.69) is 35.6 Å². The Labute approximate surface area is 107 Å². The van der Waals surface area contributed by atoms with Crippen molar-refractivity contribution in [1.82, 2.24) is 14.9 Å². The van der Waals surface area contributed by atoms with Crippen LogP contribution in [0.15, 0.2) is 18.2 Å². The molecule has 98 valence electrons. The zero-order chi connectivity index (χ0) is 13.1. The first kappa shape index (κ1) is 13.0. The lowest BCUT2D eigenvalue weighted by atomic mass is 10.3. The summed E-state index contributed by atoms with van der Waals surface area (Å²) in [5, 5.41) is 3.37. The van der Waals surface area contributed by atoms with Crippen molar-refractivity contribution in [2.45, 2.75) is 39.8 Å². The van der Waals surface area contributed by atoms with Gasteiger partial charge in [0, 0.05) is 31.6 Å². The molecular formula is C14H20FN3. The van der Waals surface area contributed by atoms with E-state index in [1.54, 1.807) is 6.07 Å². The standard InChI is InChI=1S/C14H20FN3/c1-4-18-13-6-5-11(15)9-12(13)17-14(18)7-8-16-10(2)3/h5-6,9-10,16H,4,7-8H2,1-3H3. The van der Waals surface area contributed by atoms with Crippen LogP contribution in [0.2, 0.25) is 0 Å². The Morgan fingerprint density at radius 3 is 2.83 bits per heavy atom. The van der Waals surface area contributed by atoms with Crippen LogP contribution in [0.3, 0.4) is 0 Å². The highest BCUT2D eigenvalue weighted by Gasteiger charge is 2.09. The molecule has 0 saturated carbocycles. The highest BCUT2D eigenvalue weighted by molar-refractivity contribution is 5.76. The third kappa shape index (κ3) is 2.70. The Morgan fingerprint density at radius 1 is 1.39 bits per heavy atom. The second-order valence-electron chi connectivity index (χ2n) is 4.76. The number of hydrogen-bond acceptors (Lipinski definition) is 2. The molecule has 2 rings (SSSR count). The first-order valence-corrected chi connectivity index (χ1v) is 6.50. The van der Waals surface area contributed by atoms with E-state index in [0.29, 0.717) is 6.04 Å². The van der Waals surface area contributed by atoms with Crippen LogP contribution in [0.5, 0.6) is 0 Å². The molecule has 0 radical (unpaired) electrons. The monoisotopic (exact) mass is 249 g/mol. The van der Waals surface area contributed by atoms with Gasteiger partial charge in [-0.05, 0) is 19.1 Å². The topological polar surface area (TPSA) is 29.9 Å². The molecule has 0 aliphatic heterocycles. The quantitative estimate of drug-likeness (QED) is 0.883. The Kier molecular flexibility index (Phi) is 3.97. The number of nitrogens with zero attached hydrogens (tertiary/aromatic N) is 2. The van der Waals surface area contributed by atoms with Crippen LogP contribution in [-0.4, -0.2) is 22.1 Å². The minimum absolute atomic E-state index is 0.227. The Balaban J connectivity index is 2.26. The molecule has 0 amide bonds. The largest absolute Gasteiger partial charge is 0.328 e. The average molecular weight is 249 g/mol. The fourth-order valence-corrected chi connectivity index (χ4v) is 2.17. The molecule has 0 unspecified atom stereocenters. The lowest BCUT2D eigenvalue weighted by molar-refractivity contribution is 0.573. The third-order valence-corrected chi connectivity index (χ3v) is 3.01. The Morgan fingerprint density at radius 2 is 2.17 bits per heavy atom. The zero-order valence-corrected chi connectivity index (χ0v) is 11.2. The van der Waals surface area contributed by atoms with E-state index in [1.807, 2.05) is 0 Å². The summed E-state index contributed by atoms with van der Waals surface area (Å²) in [6.45, 7) is 8.09. The molecule has 3 nitrogen and oxygen atoms in total. The van der Waals surface area contributed by atoms with Crippen molar-refractivity contribution in [3.05, 3.63) is 29.8 Å². The van der Waals surface area contributed by atoms with Gasteiger partial charge in [-0.3, -0.25) is 0 Å². The number of rotatable bonds is 5. The van der Waals surface area contributed by atoms with Crippen LogP contribution >= 0.6 is 0 Å². The molecule has 18 heavy (non-hydrogen) atoms. The predicted molar refractivity (Wildman–Crippen MR) is 72.2 cm³/mol. The SMILES string of the molecule is CCn1c(CCNC(C)C)nc2cc(F)ccc21. The third-order valence-electron chi connectivity index (χ3n) is 3.01. The van der Waals surface area contributed by atoms with Crippen LogP contribution < -0.4 is 5.32 Å². The van der Waals surface area contributed by atoms with Crippen LogP contribution in [0.1, 0.15) is 26.6 Å². The Bertz CT molecular complexity index is 531. The number of halogens is 1. The van der Waals surface area contributed by atoms with Crippen molar-refractivity contribution in [2.24, 2.45) is 0 Å². The fourth-order valence-electron chi connectivity index (χ4n) is 2.17. The summed E-state index contributed by atoms with van der Waals surface area (Å²) in [5.74, 6) is 0.793. The van der Waals surface area contributed by atoms with Gasteiger partial charge in [-0.2, -0.15) is 0 Å². The van der Waals surface area contributed by atoms with E-state index in [-0.39, 0.29) is 5.82 Å². The molecule has 0 bridgehead atoms. The molecule has 1 aromatic heterocycles. The first-order chi connectivity index (χ1) is 8.61. The van der Waals surface area contributed by atoms with Crippen molar-refractivity contribution < 1.29 is 4.39 Å². The van der Waals surface area contributed by atoms with Crippen molar-refractivity contribution in [2.75, 3.05) is 6.54 Å². The molecule has 0 aliphatic rings. The van der Waals surface area contributed by atoms with Gasteiger partial charge in [0.2, 0.25) is 0 Å². The van der Waals surface area contributed by atoms with E-state index < -0.39 is 0 Å². The Hall–Kier alpha value is -1.42. The first-order valence-electron chi connectivity index (χ1n) is 6.50. The number of hydrogen-bond donors (Lipinski definition) is 1. The van der Waals surface area contributed by atoms with Crippen molar-refractivity contribution in [3.63, 3.8) is 0 Å². The van der Waals surface area contributed by atoms with Gasteiger partial charge >= 0.3 is 0 Å². The van der Waals surface area contributed by atoms with Crippen LogP contribution in [-0.2, 0) is 13.0 Å². The van der Waals surface area contributed by atoms with Crippen molar-refractivity contribution >= 4 is 11.0 Å². The summed E-state index contributed by atoms with van der Waals surface area (Å²) >= 11 is 0. The van der Waals surface area contributed by atoms with E-state index in [9.17, 15) is 4.39 Å². The summed E-state index contributed by atoms with van der Waals surface area (Å²) in [7, 11) is 0. The summed E-state index contributed by atoms with van der Waals surface area (Å²) in [5.41, 5.74) is 1.76. The smallest absolute Gasteiger partial charge is 0.125 e. The van der Waals surface area contributed by atoms with E-state index >= 15 is 0 Å². The highest BCUT2D eigenvalue weighted by atomic mass is 19.1. The minimum Gasteiger partial charge on any atom is -0.328 e. The fraction of sp³-hybridized carbons (Fsp3) is 0.500. The zero-order valence-electron chi connectivity index (χ0n) is 11.2. The van der Waals surface area contributed by atoms with Crippen molar-refractivity contribution in [3.8, 4) is 0 Å². The maximum atomic E-state index is 13.2. The lowest BCUT2D eigenvalue weighted by Crippen LogP contribution is -2.25. The van der Waals surface area contributed by atoms with Gasteiger partial charge < -0.3 is 9.88 Å². The molecule has 4 heteroatoms. The molecule has 0 spiro atoms. The van der Waals surface area contributed by atoms with Gasteiger partial charge in [0.1, 0.15) is 11.6 Å². The molecule has 0 atom stereocenters. The van der Waals surface area contributed by atoms with E-state index in [0.717, 1.165) is 36.4 Å².